The third kappa shape index (κ3) is 4.22. The summed E-state index contributed by atoms with van der Waals surface area (Å²) in [5, 5.41) is 4.41. The monoisotopic (exact) mass is 433 g/mol. The second-order valence-corrected chi connectivity index (χ2v) is 8.90. The molecule has 2 saturated heterocycles. The van der Waals surface area contributed by atoms with Gasteiger partial charge in [-0.05, 0) is 74.1 Å². The van der Waals surface area contributed by atoms with Gasteiger partial charge in [-0.2, -0.15) is 0 Å². The molecule has 0 bridgehead atoms. The molecule has 2 N–H and O–H groups in total. The van der Waals surface area contributed by atoms with E-state index in [4.69, 9.17) is 4.74 Å². The number of nitrogens with zero attached hydrogens (tertiary/aromatic N) is 3. The molecule has 2 aliphatic rings. The van der Waals surface area contributed by atoms with E-state index in [2.05, 4.69) is 32.2 Å². The minimum absolute atomic E-state index is 0.148. The summed E-state index contributed by atoms with van der Waals surface area (Å²) in [5.74, 6) is 0.711. The molecule has 158 valence electrons. The van der Waals surface area contributed by atoms with Crippen LogP contribution in [0.15, 0.2) is 52.6 Å². The molecule has 1 aromatic carbocycles. The Bertz CT molecular complexity index is 1220. The number of aliphatic imine (C=N–C) groups is 1. The van der Waals surface area contributed by atoms with Crippen molar-refractivity contribution in [3.05, 3.63) is 58.8 Å². The van der Waals surface area contributed by atoms with Crippen LogP contribution < -0.4 is 10.1 Å². The van der Waals surface area contributed by atoms with E-state index in [-0.39, 0.29) is 12.0 Å². The number of H-pyrrole nitrogens is 1. The highest BCUT2D eigenvalue weighted by Crippen LogP contribution is 2.32. The number of nitrogens with one attached hydrogen (secondary N) is 2. The number of aromatic nitrogens is 2. The summed E-state index contributed by atoms with van der Waals surface area (Å²) in [7, 11) is 2.11. The molecule has 31 heavy (non-hydrogen) atoms. The number of carbonyl (C=O) groups is 1. The molecule has 0 spiro atoms. The Kier molecular flexibility index (Phi) is 5.25. The molecular formula is C23H23N5O2S. The number of amidine groups is 1. The van der Waals surface area contributed by atoms with Crippen LogP contribution in [0.1, 0.15) is 17.5 Å². The predicted octanol–water partition coefficient (Wildman–Crippen LogP) is 3.85. The number of likely N-dealkylation sites (N-methyl/N-ethyl adjacent to an activating group) is 1. The molecule has 1 amide bonds. The highest BCUT2D eigenvalue weighted by atomic mass is 32.2. The molecule has 8 heteroatoms. The Labute approximate surface area is 184 Å². The Balaban J connectivity index is 1.33. The maximum absolute atomic E-state index is 12.5. The number of fused-ring (bicyclic) bond motifs is 1. The lowest BCUT2D eigenvalue weighted by atomic mass is 10.2. The van der Waals surface area contributed by atoms with E-state index in [1.54, 1.807) is 6.20 Å². The fraction of sp³-hybridized carbons (Fsp3) is 0.261. The van der Waals surface area contributed by atoms with Gasteiger partial charge in [0.15, 0.2) is 5.17 Å². The Morgan fingerprint density at radius 2 is 2.26 bits per heavy atom. The van der Waals surface area contributed by atoms with Gasteiger partial charge >= 0.3 is 0 Å². The average molecular weight is 434 g/mol. The van der Waals surface area contributed by atoms with Crippen molar-refractivity contribution in [2.24, 2.45) is 4.99 Å². The number of pyridine rings is 1. The van der Waals surface area contributed by atoms with Gasteiger partial charge in [0, 0.05) is 36.4 Å². The zero-order valence-electron chi connectivity index (χ0n) is 17.4. The van der Waals surface area contributed by atoms with Crippen LogP contribution in [0.2, 0.25) is 0 Å². The van der Waals surface area contributed by atoms with E-state index in [9.17, 15) is 4.79 Å². The van der Waals surface area contributed by atoms with Crippen LogP contribution >= 0.6 is 11.8 Å². The second-order valence-electron chi connectivity index (χ2n) is 7.86. The van der Waals surface area contributed by atoms with Crippen molar-refractivity contribution in [2.75, 3.05) is 20.1 Å². The number of amides is 1. The van der Waals surface area contributed by atoms with Gasteiger partial charge in [-0.15, -0.1) is 0 Å². The van der Waals surface area contributed by atoms with Crippen molar-refractivity contribution >= 4 is 45.6 Å². The Morgan fingerprint density at radius 3 is 3.06 bits per heavy atom. The van der Waals surface area contributed by atoms with Crippen LogP contribution in [0.5, 0.6) is 5.75 Å². The average Bonchev–Trinajstić information content (AvgIpc) is 3.44. The quantitative estimate of drug-likeness (QED) is 0.611. The standard InChI is InChI=1S/C23H23N5O2S/c1-14-10-16(30-17-7-9-28(2)13-17)5-6-19(14)26-23-27-22(29)20(31-23)11-15-12-25-21-18(15)4-3-8-24-21/h3-6,8,10-12,17H,7,9,13H2,1-2H3,(H,24,25)(H,26,27,29). The molecule has 2 aromatic heterocycles. The van der Waals surface area contributed by atoms with Crippen molar-refractivity contribution in [3.63, 3.8) is 0 Å². The van der Waals surface area contributed by atoms with Gasteiger partial charge in [0.2, 0.25) is 0 Å². The molecule has 1 unspecified atom stereocenters. The summed E-state index contributed by atoms with van der Waals surface area (Å²) in [6.07, 6.45) is 6.75. The zero-order valence-corrected chi connectivity index (χ0v) is 18.2. The molecule has 0 aliphatic carbocycles. The number of carbonyl (C=O) groups excluding carboxylic acids is 1. The summed E-state index contributed by atoms with van der Waals surface area (Å²) >= 11 is 1.34. The number of hydrogen-bond donors (Lipinski definition) is 2. The number of aryl methyl sites for hydroxylation is 1. The maximum Gasteiger partial charge on any atom is 0.264 e. The molecule has 3 aromatic rings. The summed E-state index contributed by atoms with van der Waals surface area (Å²) in [5.41, 5.74) is 3.55. The SMILES string of the molecule is Cc1cc(OC2CCN(C)C2)ccc1N=C1NC(=O)C(=Cc2c[nH]c3ncccc23)S1. The molecule has 0 saturated carbocycles. The topological polar surface area (TPSA) is 82.6 Å². The predicted molar refractivity (Wildman–Crippen MR) is 125 cm³/mol. The second kappa shape index (κ2) is 8.20. The molecule has 7 nitrogen and oxygen atoms in total. The first-order chi connectivity index (χ1) is 15.0. The third-order valence-electron chi connectivity index (χ3n) is 5.46. The lowest BCUT2D eigenvalue weighted by Crippen LogP contribution is -2.21. The third-order valence-corrected chi connectivity index (χ3v) is 6.37. The van der Waals surface area contributed by atoms with Crippen LogP contribution in [0, 0.1) is 6.92 Å². The minimum atomic E-state index is -0.148. The molecule has 1 atom stereocenters. The van der Waals surface area contributed by atoms with E-state index < -0.39 is 0 Å². The number of benzene rings is 1. The molecule has 4 heterocycles. The first-order valence-corrected chi connectivity index (χ1v) is 11.0. The van der Waals surface area contributed by atoms with Crippen LogP contribution in [0.3, 0.4) is 0 Å². The highest BCUT2D eigenvalue weighted by molar-refractivity contribution is 8.18. The van der Waals surface area contributed by atoms with Gasteiger partial charge < -0.3 is 19.9 Å². The first-order valence-electron chi connectivity index (χ1n) is 10.2. The molecule has 0 radical (unpaired) electrons. The van der Waals surface area contributed by atoms with Gasteiger partial charge in [0.05, 0.1) is 10.6 Å². The number of hydrogen-bond acceptors (Lipinski definition) is 6. The zero-order chi connectivity index (χ0) is 21.4. The van der Waals surface area contributed by atoms with Gasteiger partial charge in [0.1, 0.15) is 17.5 Å². The fourth-order valence-corrected chi connectivity index (χ4v) is 4.66. The largest absolute Gasteiger partial charge is 0.489 e. The van der Waals surface area contributed by atoms with E-state index in [0.29, 0.717) is 10.1 Å². The van der Waals surface area contributed by atoms with E-state index in [1.807, 2.05) is 49.5 Å². The Morgan fingerprint density at radius 1 is 1.35 bits per heavy atom. The molecule has 5 rings (SSSR count). The number of likely N-dealkylation sites (tertiary alicyclic amines) is 1. The summed E-state index contributed by atoms with van der Waals surface area (Å²) in [6, 6.07) is 9.76. The molecular weight excluding hydrogens is 410 g/mol. The lowest BCUT2D eigenvalue weighted by molar-refractivity contribution is -0.115. The summed E-state index contributed by atoms with van der Waals surface area (Å²) < 4.78 is 6.10. The van der Waals surface area contributed by atoms with Crippen molar-refractivity contribution < 1.29 is 9.53 Å². The Hall–Kier alpha value is -3.10. The van der Waals surface area contributed by atoms with Gasteiger partial charge in [-0.3, -0.25) is 4.79 Å². The molecule has 2 fully saturated rings. The van der Waals surface area contributed by atoms with Gasteiger partial charge in [-0.1, -0.05) is 0 Å². The van der Waals surface area contributed by atoms with E-state index in [1.165, 1.54) is 11.8 Å². The van der Waals surface area contributed by atoms with Crippen molar-refractivity contribution in [1.29, 1.82) is 0 Å². The number of thioether (sulfide) groups is 1. The van der Waals surface area contributed by atoms with E-state index in [0.717, 1.165) is 53.1 Å². The van der Waals surface area contributed by atoms with Crippen LogP contribution in [0.4, 0.5) is 5.69 Å². The van der Waals surface area contributed by atoms with Crippen molar-refractivity contribution in [3.8, 4) is 5.75 Å². The minimum Gasteiger partial charge on any atom is -0.489 e. The summed E-state index contributed by atoms with van der Waals surface area (Å²) in [4.78, 5) is 27.4. The number of ether oxygens (including phenoxy) is 1. The molecule has 2 aliphatic heterocycles. The number of rotatable bonds is 4. The normalized spacial score (nSPS) is 22.0. The van der Waals surface area contributed by atoms with Crippen molar-refractivity contribution in [2.45, 2.75) is 19.4 Å². The summed E-state index contributed by atoms with van der Waals surface area (Å²) in [6.45, 7) is 4.02. The van der Waals surface area contributed by atoms with Crippen molar-refractivity contribution in [1.82, 2.24) is 20.2 Å². The van der Waals surface area contributed by atoms with Crippen LogP contribution in [0.25, 0.3) is 17.1 Å². The van der Waals surface area contributed by atoms with E-state index >= 15 is 0 Å². The smallest absolute Gasteiger partial charge is 0.264 e. The lowest BCUT2D eigenvalue weighted by Gasteiger charge is -2.14. The highest BCUT2D eigenvalue weighted by Gasteiger charge is 2.25. The fourth-order valence-electron chi connectivity index (χ4n) is 3.84. The van der Waals surface area contributed by atoms with Gasteiger partial charge in [-0.25, -0.2) is 9.98 Å². The first kappa shape index (κ1) is 19.8. The number of aromatic amines is 1. The van der Waals surface area contributed by atoms with Gasteiger partial charge in [0.25, 0.3) is 5.91 Å². The van der Waals surface area contributed by atoms with Crippen LogP contribution in [-0.4, -0.2) is 52.2 Å². The maximum atomic E-state index is 12.5. The van der Waals surface area contributed by atoms with Crippen LogP contribution in [-0.2, 0) is 4.79 Å².